The van der Waals surface area contributed by atoms with Gasteiger partial charge in [-0.3, -0.25) is 9.36 Å². The summed E-state index contributed by atoms with van der Waals surface area (Å²) in [5.41, 5.74) is 0.281. The maximum Gasteiger partial charge on any atom is 0.422 e. The summed E-state index contributed by atoms with van der Waals surface area (Å²) >= 11 is 12.1. The summed E-state index contributed by atoms with van der Waals surface area (Å²) in [6.45, 7) is 0.271. The van der Waals surface area contributed by atoms with Gasteiger partial charge in [0.05, 0.1) is 15.7 Å². The van der Waals surface area contributed by atoms with Gasteiger partial charge in [-0.15, -0.1) is 0 Å². The lowest BCUT2D eigenvalue weighted by molar-refractivity contribution is -0.154. The molecule has 3 aromatic rings. The molecule has 3 rings (SSSR count). The van der Waals surface area contributed by atoms with Crippen molar-refractivity contribution in [2.45, 2.75) is 13.1 Å². The lowest BCUT2D eigenvalue weighted by Gasteiger charge is -2.12. The molecule has 1 aromatic carbocycles. The van der Waals surface area contributed by atoms with E-state index in [2.05, 4.69) is 20.6 Å². The van der Waals surface area contributed by atoms with Crippen LogP contribution >= 0.6 is 23.2 Å². The second-order valence-electron chi connectivity index (χ2n) is 6.31. The standard InChI is InChI=1S/C18H15Cl2F4N5O2/c1-3-25-15(30)9-6-12-14(28-16(9)31-7-18(22,23)24)29(2)17(26-12)27-13-10(19)4-8(21)5-11(13)20/h4-6H,3,7H2,1-2H3,(H,25,30)(H,26,27). The highest BCUT2D eigenvalue weighted by Crippen LogP contribution is 2.34. The summed E-state index contributed by atoms with van der Waals surface area (Å²) in [4.78, 5) is 20.6. The minimum atomic E-state index is -4.62. The lowest BCUT2D eigenvalue weighted by atomic mass is 10.2. The van der Waals surface area contributed by atoms with Gasteiger partial charge in [-0.25, -0.2) is 9.37 Å². The van der Waals surface area contributed by atoms with Gasteiger partial charge in [0.2, 0.25) is 11.8 Å². The van der Waals surface area contributed by atoms with Gasteiger partial charge < -0.3 is 15.4 Å². The first kappa shape index (κ1) is 22.9. The molecule has 0 unspecified atom stereocenters. The Bertz CT molecular complexity index is 1130. The third kappa shape index (κ3) is 5.10. The molecule has 0 radical (unpaired) electrons. The number of carbonyl (C=O) groups is 1. The SMILES string of the molecule is CCNC(=O)c1cc2nc(Nc3c(Cl)cc(F)cc3Cl)n(C)c2nc1OCC(F)(F)F. The maximum absolute atomic E-state index is 13.4. The van der Waals surface area contributed by atoms with Crippen LogP contribution in [0.3, 0.4) is 0 Å². The van der Waals surface area contributed by atoms with E-state index in [9.17, 15) is 22.4 Å². The monoisotopic (exact) mass is 479 g/mol. The summed E-state index contributed by atoms with van der Waals surface area (Å²) in [7, 11) is 1.52. The average Bonchev–Trinajstić information content (AvgIpc) is 2.96. The molecule has 2 heterocycles. The topological polar surface area (TPSA) is 81.1 Å². The van der Waals surface area contributed by atoms with Crippen LogP contribution in [0.15, 0.2) is 18.2 Å². The van der Waals surface area contributed by atoms with E-state index in [0.717, 1.165) is 12.1 Å². The van der Waals surface area contributed by atoms with Crippen LogP contribution in [0, 0.1) is 5.82 Å². The summed E-state index contributed by atoms with van der Waals surface area (Å²) < 4.78 is 57.5. The van der Waals surface area contributed by atoms with Crippen LogP contribution in [0.25, 0.3) is 11.2 Å². The molecule has 0 aliphatic rings. The molecule has 166 valence electrons. The number of benzene rings is 1. The molecule has 0 fully saturated rings. The van der Waals surface area contributed by atoms with E-state index in [1.165, 1.54) is 17.7 Å². The van der Waals surface area contributed by atoms with Gasteiger partial charge >= 0.3 is 6.18 Å². The number of imidazole rings is 1. The van der Waals surface area contributed by atoms with E-state index in [1.54, 1.807) is 6.92 Å². The van der Waals surface area contributed by atoms with Gasteiger partial charge in [-0.2, -0.15) is 18.2 Å². The second kappa shape index (κ2) is 8.75. The number of aryl methyl sites for hydroxylation is 1. The van der Waals surface area contributed by atoms with Crippen LogP contribution in [-0.4, -0.2) is 39.8 Å². The van der Waals surface area contributed by atoms with E-state index in [1.807, 2.05) is 0 Å². The van der Waals surface area contributed by atoms with E-state index in [4.69, 9.17) is 27.9 Å². The van der Waals surface area contributed by atoms with E-state index in [-0.39, 0.29) is 45.0 Å². The predicted octanol–water partition coefficient (Wildman–Crippen LogP) is 4.85. The number of ether oxygens (including phenoxy) is 1. The third-order valence-corrected chi connectivity index (χ3v) is 4.60. The zero-order valence-corrected chi connectivity index (χ0v) is 17.6. The number of rotatable bonds is 6. The van der Waals surface area contributed by atoms with Gasteiger partial charge in [0, 0.05) is 13.6 Å². The normalized spacial score (nSPS) is 11.6. The van der Waals surface area contributed by atoms with Gasteiger partial charge in [0.15, 0.2) is 12.3 Å². The molecule has 31 heavy (non-hydrogen) atoms. The minimum Gasteiger partial charge on any atom is -0.467 e. The first-order chi connectivity index (χ1) is 14.5. The van der Waals surface area contributed by atoms with E-state index in [0.29, 0.717) is 0 Å². The molecule has 7 nitrogen and oxygen atoms in total. The molecule has 0 spiro atoms. The number of amides is 1. The minimum absolute atomic E-state index is 0.0118. The van der Waals surface area contributed by atoms with Gasteiger partial charge in [0.25, 0.3) is 5.91 Å². The number of halogens is 6. The van der Waals surface area contributed by atoms with Crippen LogP contribution in [0.2, 0.25) is 10.0 Å². The molecular formula is C18H15Cl2F4N5O2. The molecule has 0 aliphatic carbocycles. The van der Waals surface area contributed by atoms with Crippen LogP contribution in [0.5, 0.6) is 5.88 Å². The zero-order chi connectivity index (χ0) is 22.9. The maximum atomic E-state index is 13.4. The van der Waals surface area contributed by atoms with Gasteiger partial charge in [-0.05, 0) is 25.1 Å². The molecule has 1 amide bonds. The highest BCUT2D eigenvalue weighted by molar-refractivity contribution is 6.39. The fourth-order valence-electron chi connectivity index (χ4n) is 2.66. The van der Waals surface area contributed by atoms with Crippen LogP contribution in [0.4, 0.5) is 29.2 Å². The van der Waals surface area contributed by atoms with Crippen LogP contribution in [0.1, 0.15) is 17.3 Å². The third-order valence-electron chi connectivity index (χ3n) is 4.01. The zero-order valence-electron chi connectivity index (χ0n) is 16.1. The van der Waals surface area contributed by atoms with E-state index < -0.39 is 30.4 Å². The van der Waals surface area contributed by atoms with Crippen LogP contribution < -0.4 is 15.4 Å². The Morgan fingerprint density at radius 1 is 1.19 bits per heavy atom. The highest BCUT2D eigenvalue weighted by Gasteiger charge is 2.30. The molecular weight excluding hydrogens is 465 g/mol. The summed E-state index contributed by atoms with van der Waals surface area (Å²) in [6.07, 6.45) is -4.62. The van der Waals surface area contributed by atoms with Gasteiger partial charge in [0.1, 0.15) is 16.9 Å². The number of pyridine rings is 1. The highest BCUT2D eigenvalue weighted by atomic mass is 35.5. The van der Waals surface area contributed by atoms with Crippen molar-refractivity contribution in [3.63, 3.8) is 0 Å². The quantitative estimate of drug-likeness (QED) is 0.494. The fraction of sp³-hybridized carbons (Fsp3) is 0.278. The van der Waals surface area contributed by atoms with Crippen molar-refractivity contribution < 1.29 is 27.1 Å². The van der Waals surface area contributed by atoms with Crippen molar-refractivity contribution in [3.05, 3.63) is 39.6 Å². The molecule has 0 atom stereocenters. The van der Waals surface area contributed by atoms with Crippen molar-refractivity contribution in [1.82, 2.24) is 19.9 Å². The largest absolute Gasteiger partial charge is 0.467 e. The Kier molecular flexibility index (Phi) is 6.46. The number of nitrogens with zero attached hydrogens (tertiary/aromatic N) is 3. The molecule has 0 saturated carbocycles. The van der Waals surface area contributed by atoms with Crippen molar-refractivity contribution in [3.8, 4) is 5.88 Å². The molecule has 2 N–H and O–H groups in total. The Morgan fingerprint density at radius 3 is 2.42 bits per heavy atom. The van der Waals surface area contributed by atoms with Crippen molar-refractivity contribution in [2.75, 3.05) is 18.5 Å². The fourth-order valence-corrected chi connectivity index (χ4v) is 3.21. The molecule has 0 saturated heterocycles. The number of nitrogens with one attached hydrogen (secondary N) is 2. The molecule has 2 aromatic heterocycles. The summed E-state index contributed by atoms with van der Waals surface area (Å²) in [5, 5.41) is 5.30. The summed E-state index contributed by atoms with van der Waals surface area (Å²) in [6, 6.07) is 3.36. The molecule has 13 heteroatoms. The number of anilines is 2. The van der Waals surface area contributed by atoms with Crippen LogP contribution in [-0.2, 0) is 7.05 Å². The second-order valence-corrected chi connectivity index (χ2v) is 7.13. The Labute approximate surface area is 183 Å². The van der Waals surface area contributed by atoms with Crippen molar-refractivity contribution in [1.29, 1.82) is 0 Å². The van der Waals surface area contributed by atoms with Crippen molar-refractivity contribution >= 4 is 51.9 Å². The predicted molar refractivity (Wildman–Crippen MR) is 108 cm³/mol. The number of alkyl halides is 3. The number of hydrogen-bond acceptors (Lipinski definition) is 5. The Balaban J connectivity index is 2.07. The number of fused-ring (bicyclic) bond motifs is 1. The number of aromatic nitrogens is 3. The smallest absolute Gasteiger partial charge is 0.422 e. The van der Waals surface area contributed by atoms with Crippen molar-refractivity contribution in [2.24, 2.45) is 7.05 Å². The molecule has 0 aliphatic heterocycles. The average molecular weight is 480 g/mol. The Morgan fingerprint density at radius 2 is 1.84 bits per heavy atom. The lowest BCUT2D eigenvalue weighted by Crippen LogP contribution is -2.25. The first-order valence-corrected chi connectivity index (χ1v) is 9.52. The number of hydrogen-bond donors (Lipinski definition) is 2. The van der Waals surface area contributed by atoms with Gasteiger partial charge in [-0.1, -0.05) is 23.2 Å². The summed E-state index contributed by atoms with van der Waals surface area (Å²) in [5.74, 6) is -1.65. The first-order valence-electron chi connectivity index (χ1n) is 8.77. The molecule has 0 bridgehead atoms. The van der Waals surface area contributed by atoms with E-state index >= 15 is 0 Å². The number of carbonyl (C=O) groups excluding carboxylic acids is 1. The Hall–Kier alpha value is -2.79.